The molecule has 12 heteroatoms. The first kappa shape index (κ1) is 41.4. The minimum absolute atomic E-state index is 0.412. The van der Waals surface area contributed by atoms with Crippen molar-refractivity contribution >= 4 is 23.3 Å². The van der Waals surface area contributed by atoms with E-state index in [-0.39, 0.29) is 0 Å². The zero-order chi connectivity index (χ0) is 40.7. The van der Waals surface area contributed by atoms with E-state index in [4.69, 9.17) is 38.9 Å². The van der Waals surface area contributed by atoms with Crippen LogP contribution in [0, 0.1) is 0 Å². The monoisotopic (exact) mass is 782 g/mol. The van der Waals surface area contributed by atoms with Crippen LogP contribution in [-0.2, 0) is 0 Å². The third-order valence-electron chi connectivity index (χ3n) is 10.0. The van der Waals surface area contributed by atoms with Crippen molar-refractivity contribution in [3.8, 4) is 45.3 Å². The predicted molar refractivity (Wildman–Crippen MR) is 232 cm³/mol. The number of anilines is 4. The van der Waals surface area contributed by atoms with Gasteiger partial charge in [0.1, 0.15) is 36.2 Å². The lowest BCUT2D eigenvalue weighted by molar-refractivity contribution is 0.223. The first-order chi connectivity index (χ1) is 28.5. The van der Waals surface area contributed by atoms with Crippen LogP contribution in [0.15, 0.2) is 122 Å². The molecule has 0 radical (unpaired) electrons. The average Bonchev–Trinajstić information content (AvgIpc) is 3.29. The van der Waals surface area contributed by atoms with Crippen LogP contribution in [0.5, 0.6) is 23.0 Å². The number of benzene rings is 4. The van der Waals surface area contributed by atoms with Crippen molar-refractivity contribution < 1.29 is 18.9 Å². The Bertz CT molecular complexity index is 1940. The molecular weight excluding hydrogens is 729 g/mol. The molecule has 0 N–H and O–H groups in total. The Morgan fingerprint density at radius 1 is 0.397 bits per heavy atom. The highest BCUT2D eigenvalue weighted by Crippen LogP contribution is 2.36. The standard InChI is InChI=1S/C46H54N8O4/c1-7-51(8-2)27-29-57-43-23-15-39(16-24-43)53(45-47-31-37(32-48-45)35-11-19-41(55-5)20-12-35)54(40-17-25-44(26-18-40)58-30-28-52(9-3)10-4)46-49-33-38(34-50-46)36-13-21-42(56-6)22-14-36/h11-26,31-34H,7-10,27-30H2,1-6H3. The highest BCUT2D eigenvalue weighted by molar-refractivity contribution is 5.74. The molecule has 0 aliphatic rings. The number of methoxy groups -OCH3 is 2. The summed E-state index contributed by atoms with van der Waals surface area (Å²) in [6.45, 7) is 15.4. The van der Waals surface area contributed by atoms with Gasteiger partial charge in [-0.1, -0.05) is 52.0 Å². The van der Waals surface area contributed by atoms with E-state index in [1.807, 2.05) is 132 Å². The van der Waals surface area contributed by atoms with Gasteiger partial charge in [0.2, 0.25) is 11.9 Å². The van der Waals surface area contributed by atoms with Crippen LogP contribution in [0.2, 0.25) is 0 Å². The van der Waals surface area contributed by atoms with E-state index in [1.165, 1.54) is 0 Å². The van der Waals surface area contributed by atoms with Crippen LogP contribution >= 0.6 is 0 Å². The van der Waals surface area contributed by atoms with Crippen LogP contribution < -0.4 is 29.0 Å². The molecule has 0 aliphatic heterocycles. The first-order valence-corrected chi connectivity index (χ1v) is 19.9. The van der Waals surface area contributed by atoms with Crippen molar-refractivity contribution in [1.29, 1.82) is 0 Å². The summed E-state index contributed by atoms with van der Waals surface area (Å²) in [5.74, 6) is 3.92. The molecule has 0 saturated carbocycles. The summed E-state index contributed by atoms with van der Waals surface area (Å²) in [5, 5.41) is 3.83. The zero-order valence-electron chi connectivity index (χ0n) is 34.4. The summed E-state index contributed by atoms with van der Waals surface area (Å²) in [4.78, 5) is 24.4. The molecule has 2 aromatic heterocycles. The second-order valence-corrected chi connectivity index (χ2v) is 13.4. The molecule has 0 unspecified atom stereocenters. The summed E-state index contributed by atoms with van der Waals surface area (Å²) in [6.07, 6.45) is 7.28. The molecule has 302 valence electrons. The fourth-order valence-electron chi connectivity index (χ4n) is 6.40. The lowest BCUT2D eigenvalue weighted by Gasteiger charge is -2.35. The molecule has 0 amide bonds. The van der Waals surface area contributed by atoms with Crippen molar-refractivity contribution in [2.45, 2.75) is 27.7 Å². The largest absolute Gasteiger partial charge is 0.497 e. The van der Waals surface area contributed by atoms with Crippen molar-refractivity contribution in [2.75, 3.05) is 76.7 Å². The molecule has 0 fully saturated rings. The van der Waals surface area contributed by atoms with E-state index < -0.39 is 0 Å². The number of aromatic nitrogens is 4. The fourth-order valence-corrected chi connectivity index (χ4v) is 6.40. The fraction of sp³-hybridized carbons (Fsp3) is 0.304. The SMILES string of the molecule is CCN(CC)CCOc1ccc(N(c2ncc(-c3ccc(OC)cc3)cn2)N(c2ccc(OCCN(CC)CC)cc2)c2ncc(-c3ccc(OC)cc3)cn2)cc1. The molecule has 4 aromatic carbocycles. The number of hydrazine groups is 1. The van der Waals surface area contributed by atoms with E-state index >= 15 is 0 Å². The van der Waals surface area contributed by atoms with Crippen molar-refractivity contribution in [1.82, 2.24) is 29.7 Å². The van der Waals surface area contributed by atoms with Gasteiger partial charge >= 0.3 is 0 Å². The molecule has 0 spiro atoms. The molecule has 0 bridgehead atoms. The Balaban J connectivity index is 1.39. The predicted octanol–water partition coefficient (Wildman–Crippen LogP) is 8.95. The minimum atomic E-state index is 0.412. The van der Waals surface area contributed by atoms with Gasteiger partial charge in [0.05, 0.1) is 25.6 Å². The Hall–Kier alpha value is -6.24. The molecule has 6 aromatic rings. The van der Waals surface area contributed by atoms with E-state index in [0.29, 0.717) is 25.1 Å². The number of ether oxygens (including phenoxy) is 4. The summed E-state index contributed by atoms with van der Waals surface area (Å²) in [5.41, 5.74) is 5.21. The highest BCUT2D eigenvalue weighted by Gasteiger charge is 2.26. The van der Waals surface area contributed by atoms with Gasteiger partial charge in [-0.05, 0) is 110 Å². The number of nitrogens with zero attached hydrogens (tertiary/aromatic N) is 8. The van der Waals surface area contributed by atoms with Crippen LogP contribution in [0.1, 0.15) is 27.7 Å². The van der Waals surface area contributed by atoms with Gasteiger partial charge in [-0.2, -0.15) is 0 Å². The van der Waals surface area contributed by atoms with E-state index in [9.17, 15) is 0 Å². The molecule has 0 atom stereocenters. The quantitative estimate of drug-likeness (QED) is 0.0652. The van der Waals surface area contributed by atoms with Gasteiger partial charge in [-0.25, -0.2) is 30.0 Å². The van der Waals surface area contributed by atoms with Gasteiger partial charge in [-0.3, -0.25) is 0 Å². The van der Waals surface area contributed by atoms with Crippen molar-refractivity contribution in [3.05, 3.63) is 122 Å². The van der Waals surface area contributed by atoms with E-state index in [2.05, 4.69) is 37.5 Å². The summed E-state index contributed by atoms with van der Waals surface area (Å²) < 4.78 is 23.1. The Labute approximate surface area is 342 Å². The van der Waals surface area contributed by atoms with Crippen molar-refractivity contribution in [2.24, 2.45) is 0 Å². The molecule has 0 saturated heterocycles. The van der Waals surface area contributed by atoms with Crippen LogP contribution in [0.3, 0.4) is 0 Å². The molecule has 0 aliphatic carbocycles. The van der Waals surface area contributed by atoms with Gasteiger partial charge in [0, 0.05) is 49.0 Å². The number of likely N-dealkylation sites (N-methyl/N-ethyl adjacent to an activating group) is 2. The number of rotatable bonds is 21. The maximum Gasteiger partial charge on any atom is 0.249 e. The normalized spacial score (nSPS) is 11.1. The lowest BCUT2D eigenvalue weighted by atomic mass is 10.1. The average molecular weight is 783 g/mol. The summed E-state index contributed by atoms with van der Waals surface area (Å²) in [6, 6.07) is 31.5. The number of hydrogen-bond donors (Lipinski definition) is 0. The van der Waals surface area contributed by atoms with Gasteiger partial charge in [0.25, 0.3) is 0 Å². The second kappa shape index (κ2) is 20.8. The summed E-state index contributed by atoms with van der Waals surface area (Å²) in [7, 11) is 3.31. The van der Waals surface area contributed by atoms with Crippen LogP contribution in [0.4, 0.5) is 23.3 Å². The minimum Gasteiger partial charge on any atom is -0.497 e. The molecule has 6 rings (SSSR count). The second-order valence-electron chi connectivity index (χ2n) is 13.4. The molecule has 2 heterocycles. The van der Waals surface area contributed by atoms with E-state index in [0.717, 1.165) is 95.9 Å². The van der Waals surface area contributed by atoms with E-state index in [1.54, 1.807) is 14.2 Å². The van der Waals surface area contributed by atoms with Gasteiger partial charge < -0.3 is 28.7 Å². The zero-order valence-corrected chi connectivity index (χ0v) is 34.4. The van der Waals surface area contributed by atoms with Crippen molar-refractivity contribution in [3.63, 3.8) is 0 Å². The maximum absolute atomic E-state index is 6.17. The summed E-state index contributed by atoms with van der Waals surface area (Å²) >= 11 is 0. The van der Waals surface area contributed by atoms with Crippen LogP contribution in [-0.4, -0.2) is 96.4 Å². The third kappa shape index (κ3) is 10.6. The Kier molecular flexibility index (Phi) is 14.8. The van der Waals surface area contributed by atoms with Gasteiger partial charge in [-0.15, -0.1) is 0 Å². The maximum atomic E-state index is 6.17. The lowest BCUT2D eigenvalue weighted by Crippen LogP contribution is -2.38. The molecular formula is C46H54N8O4. The Morgan fingerprint density at radius 2 is 0.707 bits per heavy atom. The topological polar surface area (TPSA) is 101 Å². The van der Waals surface area contributed by atoms with Gasteiger partial charge in [0.15, 0.2) is 0 Å². The molecule has 12 nitrogen and oxygen atoms in total. The first-order valence-electron chi connectivity index (χ1n) is 19.9. The third-order valence-corrected chi connectivity index (χ3v) is 10.0. The smallest absolute Gasteiger partial charge is 0.249 e. The molecule has 58 heavy (non-hydrogen) atoms. The highest BCUT2D eigenvalue weighted by atomic mass is 16.5. The number of hydrogen-bond acceptors (Lipinski definition) is 12. The Morgan fingerprint density at radius 3 is 1.00 bits per heavy atom. The van der Waals surface area contributed by atoms with Crippen LogP contribution in [0.25, 0.3) is 22.3 Å².